The van der Waals surface area contributed by atoms with E-state index in [2.05, 4.69) is 5.32 Å². The van der Waals surface area contributed by atoms with Gasteiger partial charge in [-0.25, -0.2) is 0 Å². The summed E-state index contributed by atoms with van der Waals surface area (Å²) in [6, 6.07) is 22.1. The lowest BCUT2D eigenvalue weighted by Crippen LogP contribution is -2.53. The minimum Gasteiger partial charge on any atom is -0.508 e. The number of rotatable bonds is 6. The van der Waals surface area contributed by atoms with Gasteiger partial charge in [-0.2, -0.15) is 0 Å². The Bertz CT molecular complexity index is 1220. The maximum absolute atomic E-state index is 13.6. The molecule has 3 aromatic rings. The van der Waals surface area contributed by atoms with E-state index in [1.165, 1.54) is 0 Å². The summed E-state index contributed by atoms with van der Waals surface area (Å²) in [7, 11) is 0. The number of carbonyl (C=O) groups is 3. The van der Waals surface area contributed by atoms with Crippen molar-refractivity contribution in [2.45, 2.75) is 31.0 Å². The summed E-state index contributed by atoms with van der Waals surface area (Å²) in [5.74, 6) is -0.660. The van der Waals surface area contributed by atoms with E-state index in [9.17, 15) is 19.5 Å². The van der Waals surface area contributed by atoms with E-state index < -0.39 is 12.1 Å². The van der Waals surface area contributed by atoms with E-state index in [1.807, 2.05) is 42.5 Å². The van der Waals surface area contributed by atoms with Crippen LogP contribution < -0.4 is 5.32 Å². The number of carbonyl (C=O) groups excluding carboxylic acids is 3. The zero-order chi connectivity index (χ0) is 24.4. The Morgan fingerprint density at radius 2 is 1.66 bits per heavy atom. The highest BCUT2D eigenvalue weighted by Crippen LogP contribution is 2.28. The van der Waals surface area contributed by atoms with Crippen molar-refractivity contribution in [3.05, 3.63) is 90.0 Å². The molecular weight excluding hydrogens is 444 g/mol. The predicted molar refractivity (Wildman–Crippen MR) is 130 cm³/mol. The fourth-order valence-electron chi connectivity index (χ4n) is 4.80. The average Bonchev–Trinajstić information content (AvgIpc) is 3.48. The molecule has 0 saturated carbocycles. The van der Waals surface area contributed by atoms with Crippen LogP contribution in [0.1, 0.15) is 22.3 Å². The molecular formula is C28H26N2O5. The van der Waals surface area contributed by atoms with Gasteiger partial charge in [0.05, 0.1) is 6.10 Å². The Kier molecular flexibility index (Phi) is 6.33. The van der Waals surface area contributed by atoms with Crippen LogP contribution in [0, 0.1) is 0 Å². The summed E-state index contributed by atoms with van der Waals surface area (Å²) in [5.41, 5.74) is 3.26. The maximum atomic E-state index is 13.6. The van der Waals surface area contributed by atoms with Crippen LogP contribution in [0.3, 0.4) is 0 Å². The highest BCUT2D eigenvalue weighted by molar-refractivity contribution is 5.99. The molecule has 0 aromatic heterocycles. The number of hydrogen-bond acceptors (Lipinski definition) is 5. The number of likely N-dealkylation sites (tertiary alicyclic amines) is 1. The third-order valence-corrected chi connectivity index (χ3v) is 6.63. The molecule has 2 aliphatic rings. The molecule has 0 bridgehead atoms. The molecule has 178 valence electrons. The smallest absolute Gasteiger partial charge is 0.251 e. The van der Waals surface area contributed by atoms with Crippen LogP contribution in [0.4, 0.5) is 0 Å². The number of phenols is 1. The third kappa shape index (κ3) is 4.81. The fraction of sp³-hybridized carbons (Fsp3) is 0.250. The largest absolute Gasteiger partial charge is 0.508 e. The molecule has 2 aliphatic heterocycles. The Balaban J connectivity index is 1.36. The van der Waals surface area contributed by atoms with Crippen molar-refractivity contribution in [3.63, 3.8) is 0 Å². The van der Waals surface area contributed by atoms with Crippen LogP contribution in [0.15, 0.2) is 78.9 Å². The lowest BCUT2D eigenvalue weighted by atomic mass is 10.0. The van der Waals surface area contributed by atoms with E-state index in [4.69, 9.17) is 4.74 Å². The SMILES string of the molecule is O=C(NC(Cc1ccc(O)cc1)C(=O)N1CCC2OCC(=O)C21)c1ccc(-c2ccccc2)cc1. The molecule has 3 unspecified atom stereocenters. The molecule has 0 radical (unpaired) electrons. The van der Waals surface area contributed by atoms with E-state index in [0.717, 1.165) is 16.7 Å². The van der Waals surface area contributed by atoms with Crippen molar-refractivity contribution in [2.24, 2.45) is 0 Å². The number of nitrogens with zero attached hydrogens (tertiary/aromatic N) is 1. The van der Waals surface area contributed by atoms with Crippen molar-refractivity contribution >= 4 is 17.6 Å². The molecule has 0 spiro atoms. The first-order valence-electron chi connectivity index (χ1n) is 11.7. The van der Waals surface area contributed by atoms with Crippen LogP contribution >= 0.6 is 0 Å². The van der Waals surface area contributed by atoms with Gasteiger partial charge in [-0.15, -0.1) is 0 Å². The predicted octanol–water partition coefficient (Wildman–Crippen LogP) is 2.97. The second-order valence-corrected chi connectivity index (χ2v) is 8.92. The first kappa shape index (κ1) is 22.8. The molecule has 2 heterocycles. The minimum absolute atomic E-state index is 0.0157. The number of benzene rings is 3. The normalized spacial score (nSPS) is 19.9. The van der Waals surface area contributed by atoms with Gasteiger partial charge in [0.15, 0.2) is 5.78 Å². The molecule has 7 nitrogen and oxygen atoms in total. The molecule has 35 heavy (non-hydrogen) atoms. The summed E-state index contributed by atoms with van der Waals surface area (Å²) in [4.78, 5) is 40.6. The Morgan fingerprint density at radius 3 is 2.37 bits per heavy atom. The van der Waals surface area contributed by atoms with Gasteiger partial charge in [-0.3, -0.25) is 14.4 Å². The quantitative estimate of drug-likeness (QED) is 0.578. The van der Waals surface area contributed by atoms with Crippen molar-refractivity contribution in [1.82, 2.24) is 10.2 Å². The molecule has 7 heteroatoms. The number of ether oxygens (including phenoxy) is 1. The van der Waals surface area contributed by atoms with Crippen molar-refractivity contribution in [3.8, 4) is 16.9 Å². The number of phenolic OH excluding ortho intramolecular Hbond substituents is 1. The average molecular weight is 471 g/mol. The van der Waals surface area contributed by atoms with Gasteiger partial charge >= 0.3 is 0 Å². The number of amides is 2. The number of ketones is 1. The van der Waals surface area contributed by atoms with Crippen LogP contribution in [0.25, 0.3) is 11.1 Å². The standard InChI is InChI=1S/C28H26N2O5/c31-22-12-6-18(7-13-22)16-23(28(34)30-15-14-25-26(30)24(32)17-35-25)29-27(33)21-10-8-20(9-11-21)19-4-2-1-3-5-19/h1-13,23,25-26,31H,14-17H2,(H,29,33). The van der Waals surface area contributed by atoms with E-state index >= 15 is 0 Å². The number of fused-ring (bicyclic) bond motifs is 1. The zero-order valence-electron chi connectivity index (χ0n) is 19.1. The Morgan fingerprint density at radius 1 is 0.971 bits per heavy atom. The number of hydrogen-bond donors (Lipinski definition) is 2. The summed E-state index contributed by atoms with van der Waals surface area (Å²) in [6.07, 6.45) is 0.556. The molecule has 2 N–H and O–H groups in total. The van der Waals surface area contributed by atoms with Gasteiger partial charge in [0.1, 0.15) is 24.4 Å². The van der Waals surface area contributed by atoms with E-state index in [-0.39, 0.29) is 42.5 Å². The zero-order valence-corrected chi connectivity index (χ0v) is 19.1. The first-order chi connectivity index (χ1) is 17.0. The topological polar surface area (TPSA) is 95.9 Å². The maximum Gasteiger partial charge on any atom is 0.251 e. The van der Waals surface area contributed by atoms with E-state index in [1.54, 1.807) is 41.3 Å². The van der Waals surface area contributed by atoms with Gasteiger partial charge < -0.3 is 20.1 Å². The van der Waals surface area contributed by atoms with Crippen LogP contribution in [-0.4, -0.2) is 58.9 Å². The van der Waals surface area contributed by atoms with Crippen molar-refractivity contribution < 1.29 is 24.2 Å². The molecule has 2 fully saturated rings. The Hall–Kier alpha value is -3.97. The first-order valence-corrected chi connectivity index (χ1v) is 11.7. The monoisotopic (exact) mass is 470 g/mol. The van der Waals surface area contributed by atoms with Crippen LogP contribution in [0.5, 0.6) is 5.75 Å². The second-order valence-electron chi connectivity index (χ2n) is 8.92. The van der Waals surface area contributed by atoms with E-state index in [0.29, 0.717) is 18.5 Å². The molecule has 2 saturated heterocycles. The number of Topliss-reactive ketones (excluding diaryl/α,β-unsaturated/α-hetero) is 1. The summed E-state index contributed by atoms with van der Waals surface area (Å²) in [5, 5.41) is 12.5. The van der Waals surface area contributed by atoms with Crippen molar-refractivity contribution in [2.75, 3.05) is 13.2 Å². The summed E-state index contributed by atoms with van der Waals surface area (Å²) < 4.78 is 5.52. The highest BCUT2D eigenvalue weighted by Gasteiger charge is 2.48. The lowest BCUT2D eigenvalue weighted by molar-refractivity contribution is -0.138. The van der Waals surface area contributed by atoms with Gasteiger partial charge in [0.2, 0.25) is 5.91 Å². The Labute approximate surface area is 203 Å². The van der Waals surface area contributed by atoms with Gasteiger partial charge in [0, 0.05) is 18.5 Å². The van der Waals surface area contributed by atoms with Gasteiger partial charge in [0.25, 0.3) is 5.91 Å². The number of nitrogens with one attached hydrogen (secondary N) is 1. The van der Waals surface area contributed by atoms with Crippen LogP contribution in [0.2, 0.25) is 0 Å². The molecule has 0 aliphatic carbocycles. The molecule has 2 amide bonds. The number of aromatic hydroxyl groups is 1. The molecule has 5 rings (SSSR count). The third-order valence-electron chi connectivity index (χ3n) is 6.63. The van der Waals surface area contributed by atoms with Gasteiger partial charge in [-0.1, -0.05) is 54.6 Å². The minimum atomic E-state index is -0.868. The summed E-state index contributed by atoms with van der Waals surface area (Å²) >= 11 is 0. The fourth-order valence-corrected chi connectivity index (χ4v) is 4.80. The molecule has 3 atom stereocenters. The molecule has 3 aromatic carbocycles. The highest BCUT2D eigenvalue weighted by atomic mass is 16.5. The lowest BCUT2D eigenvalue weighted by Gasteiger charge is -2.27. The van der Waals surface area contributed by atoms with Crippen LogP contribution in [-0.2, 0) is 20.7 Å². The summed E-state index contributed by atoms with van der Waals surface area (Å²) in [6.45, 7) is 0.426. The second kappa shape index (κ2) is 9.72. The van der Waals surface area contributed by atoms with Gasteiger partial charge in [-0.05, 0) is 47.4 Å². The van der Waals surface area contributed by atoms with Crippen molar-refractivity contribution in [1.29, 1.82) is 0 Å².